The van der Waals surface area contributed by atoms with Crippen LogP contribution in [0.5, 0.6) is 5.75 Å². The molecule has 1 aliphatic carbocycles. The maximum Gasteiger partial charge on any atom is 0.228 e. The van der Waals surface area contributed by atoms with Crippen LogP contribution in [0, 0.1) is 5.92 Å². The van der Waals surface area contributed by atoms with E-state index in [1.54, 1.807) is 12.1 Å². The molecular weight excluding hydrogens is 352 g/mol. The van der Waals surface area contributed by atoms with E-state index in [0.29, 0.717) is 22.5 Å². The van der Waals surface area contributed by atoms with Gasteiger partial charge in [0.05, 0.1) is 6.42 Å². The van der Waals surface area contributed by atoms with Gasteiger partial charge in [-0.25, -0.2) is 0 Å². The molecule has 1 heterocycles. The van der Waals surface area contributed by atoms with Crippen molar-refractivity contribution in [2.45, 2.75) is 38.1 Å². The molecular formula is C20H25ClN2O3. The van der Waals surface area contributed by atoms with Crippen molar-refractivity contribution in [2.75, 3.05) is 13.2 Å². The van der Waals surface area contributed by atoms with E-state index in [1.807, 2.05) is 18.4 Å². The van der Waals surface area contributed by atoms with Gasteiger partial charge in [0, 0.05) is 47.6 Å². The highest BCUT2D eigenvalue weighted by molar-refractivity contribution is 6.30. The molecule has 0 radical (unpaired) electrons. The Hall–Kier alpha value is -1.98. The highest BCUT2D eigenvalue weighted by Gasteiger charge is 2.28. The molecule has 5 nitrogen and oxygen atoms in total. The first-order chi connectivity index (χ1) is 12.6. The first-order valence-corrected chi connectivity index (χ1v) is 9.47. The van der Waals surface area contributed by atoms with Gasteiger partial charge >= 0.3 is 0 Å². The molecule has 1 aromatic carbocycles. The number of hydrogen-bond donors (Lipinski definition) is 3. The number of rotatable bonds is 5. The number of allylic oxidation sites excluding steroid dienone is 1. The van der Waals surface area contributed by atoms with Gasteiger partial charge in [0.2, 0.25) is 5.91 Å². The molecule has 0 spiro atoms. The number of nitrogens with one attached hydrogen (secondary N) is 1. The zero-order chi connectivity index (χ0) is 18.5. The van der Waals surface area contributed by atoms with Gasteiger partial charge in [0.1, 0.15) is 5.75 Å². The third-order valence-corrected chi connectivity index (χ3v) is 5.41. The van der Waals surface area contributed by atoms with Crippen molar-refractivity contribution in [3.8, 4) is 5.75 Å². The Bertz CT molecular complexity index is 717. The predicted molar refractivity (Wildman–Crippen MR) is 102 cm³/mol. The van der Waals surface area contributed by atoms with Crippen LogP contribution in [0.15, 0.2) is 42.2 Å². The van der Waals surface area contributed by atoms with E-state index < -0.39 is 0 Å². The number of aliphatic hydroxyl groups excluding tert-OH is 1. The van der Waals surface area contributed by atoms with E-state index in [1.165, 1.54) is 18.9 Å². The van der Waals surface area contributed by atoms with Crippen LogP contribution in [0.2, 0.25) is 5.02 Å². The van der Waals surface area contributed by atoms with Crippen LogP contribution in [-0.2, 0) is 11.2 Å². The standard InChI is InChI=1S/C20H25ClN2O3/c21-16-5-6-19(25)15(11-16)12-20(26)22-17-7-9-23(10-8-17)18-4-2-1-3-14(18)13-24/h5-9,11,14,18,24-25H,1-4,10,12-13H2,(H,22,26)/t14-,18-/m0/s1. The molecule has 1 amide bonds. The topological polar surface area (TPSA) is 72.8 Å². The number of carbonyl (C=O) groups excluding carboxylic acids is 1. The average Bonchev–Trinajstić information content (AvgIpc) is 2.65. The third-order valence-electron chi connectivity index (χ3n) is 5.17. The Balaban J connectivity index is 1.55. The number of phenols is 1. The molecule has 0 unspecified atom stereocenters. The average molecular weight is 377 g/mol. The monoisotopic (exact) mass is 376 g/mol. The van der Waals surface area contributed by atoms with E-state index >= 15 is 0 Å². The van der Waals surface area contributed by atoms with Crippen LogP contribution in [0.25, 0.3) is 0 Å². The van der Waals surface area contributed by atoms with Gasteiger partial charge in [0.15, 0.2) is 0 Å². The number of halogens is 1. The molecule has 2 aliphatic rings. The zero-order valence-electron chi connectivity index (χ0n) is 14.7. The number of phenolic OH excluding ortho intramolecular Hbond substituents is 1. The summed E-state index contributed by atoms with van der Waals surface area (Å²) in [6.45, 7) is 0.946. The predicted octanol–water partition coefficient (Wildman–Crippen LogP) is 2.97. The minimum atomic E-state index is -0.196. The maximum atomic E-state index is 12.2. The first kappa shape index (κ1) is 18.8. The molecule has 2 atom stereocenters. The van der Waals surface area contributed by atoms with E-state index in [-0.39, 0.29) is 24.7 Å². The highest BCUT2D eigenvalue weighted by Crippen LogP contribution is 2.29. The van der Waals surface area contributed by atoms with Gasteiger partial charge in [-0.15, -0.1) is 0 Å². The molecule has 140 valence electrons. The molecule has 0 bridgehead atoms. The molecule has 0 saturated heterocycles. The van der Waals surface area contributed by atoms with Crippen molar-refractivity contribution in [3.05, 3.63) is 52.8 Å². The second-order valence-corrected chi connectivity index (χ2v) is 7.40. The fourth-order valence-electron chi connectivity index (χ4n) is 3.76. The van der Waals surface area contributed by atoms with Gasteiger partial charge in [-0.05, 0) is 43.2 Å². The lowest BCUT2D eigenvalue weighted by Crippen LogP contribution is -2.42. The summed E-state index contributed by atoms with van der Waals surface area (Å²) in [5.74, 6) is 0.192. The number of amides is 1. The minimum absolute atomic E-state index is 0.0660. The minimum Gasteiger partial charge on any atom is -0.508 e. The van der Waals surface area contributed by atoms with E-state index in [9.17, 15) is 15.0 Å². The molecule has 1 aromatic rings. The fraction of sp³-hybridized carbons (Fsp3) is 0.450. The van der Waals surface area contributed by atoms with Gasteiger partial charge in [-0.3, -0.25) is 4.79 Å². The Morgan fingerprint density at radius 2 is 2.12 bits per heavy atom. The first-order valence-electron chi connectivity index (χ1n) is 9.09. The molecule has 1 saturated carbocycles. The van der Waals surface area contributed by atoms with Crippen LogP contribution in [-0.4, -0.2) is 40.2 Å². The summed E-state index contributed by atoms with van der Waals surface area (Å²) in [6, 6.07) is 5.04. The van der Waals surface area contributed by atoms with Crippen LogP contribution < -0.4 is 5.32 Å². The smallest absolute Gasteiger partial charge is 0.228 e. The fourth-order valence-corrected chi connectivity index (χ4v) is 3.95. The molecule has 1 fully saturated rings. The van der Waals surface area contributed by atoms with Crippen molar-refractivity contribution < 1.29 is 15.0 Å². The summed E-state index contributed by atoms with van der Waals surface area (Å²) in [4.78, 5) is 14.5. The molecule has 6 heteroatoms. The van der Waals surface area contributed by atoms with Crippen LogP contribution >= 0.6 is 11.6 Å². The maximum absolute atomic E-state index is 12.2. The number of carbonyl (C=O) groups is 1. The van der Waals surface area contributed by atoms with Gasteiger partial charge < -0.3 is 20.4 Å². The Labute approximate surface area is 159 Å². The summed E-state index contributed by atoms with van der Waals surface area (Å²) in [7, 11) is 0. The highest BCUT2D eigenvalue weighted by atomic mass is 35.5. The van der Waals surface area contributed by atoms with Crippen molar-refractivity contribution in [2.24, 2.45) is 5.92 Å². The number of aromatic hydroxyl groups is 1. The lowest BCUT2D eigenvalue weighted by Gasteiger charge is -2.39. The third kappa shape index (κ3) is 4.59. The molecule has 1 aliphatic heterocycles. The van der Waals surface area contributed by atoms with Crippen molar-refractivity contribution >= 4 is 17.5 Å². The van der Waals surface area contributed by atoms with Gasteiger partial charge in [-0.1, -0.05) is 24.4 Å². The van der Waals surface area contributed by atoms with Crippen molar-refractivity contribution in [3.63, 3.8) is 0 Å². The molecule has 3 rings (SSSR count). The number of benzene rings is 1. The molecule has 3 N–H and O–H groups in total. The largest absolute Gasteiger partial charge is 0.508 e. The van der Waals surface area contributed by atoms with Gasteiger partial charge in [-0.2, -0.15) is 0 Å². The van der Waals surface area contributed by atoms with Gasteiger partial charge in [0.25, 0.3) is 0 Å². The van der Waals surface area contributed by atoms with Crippen LogP contribution in [0.4, 0.5) is 0 Å². The summed E-state index contributed by atoms with van der Waals surface area (Å²) >= 11 is 5.92. The molecule has 26 heavy (non-hydrogen) atoms. The summed E-state index contributed by atoms with van der Waals surface area (Å²) < 4.78 is 0. The number of hydrogen-bond acceptors (Lipinski definition) is 4. The second kappa shape index (κ2) is 8.60. The summed E-state index contributed by atoms with van der Waals surface area (Å²) in [5.41, 5.74) is 1.26. The Morgan fingerprint density at radius 1 is 1.31 bits per heavy atom. The SMILES string of the molecule is O=C(Cc1cc(Cl)ccc1O)NC1=CCN([C@H]2CCCC[C@H]2CO)C=C1. The Kier molecular flexibility index (Phi) is 6.22. The normalized spacial score (nSPS) is 22.8. The summed E-state index contributed by atoms with van der Waals surface area (Å²) in [6.07, 6.45) is 10.5. The van der Waals surface area contributed by atoms with E-state index in [2.05, 4.69) is 10.2 Å². The lowest BCUT2D eigenvalue weighted by molar-refractivity contribution is -0.119. The number of aliphatic hydroxyl groups is 1. The van der Waals surface area contributed by atoms with Crippen LogP contribution in [0.3, 0.4) is 0 Å². The van der Waals surface area contributed by atoms with Crippen molar-refractivity contribution in [1.29, 1.82) is 0 Å². The second-order valence-electron chi connectivity index (χ2n) is 6.96. The lowest BCUT2D eigenvalue weighted by atomic mass is 9.84. The number of nitrogens with zero attached hydrogens (tertiary/aromatic N) is 1. The van der Waals surface area contributed by atoms with Crippen LogP contribution in [0.1, 0.15) is 31.2 Å². The summed E-state index contributed by atoms with van der Waals surface area (Å²) in [5, 5.41) is 22.8. The quantitative estimate of drug-likeness (QED) is 0.738. The van der Waals surface area contributed by atoms with E-state index in [4.69, 9.17) is 11.6 Å². The van der Waals surface area contributed by atoms with Crippen molar-refractivity contribution in [1.82, 2.24) is 10.2 Å². The molecule has 0 aromatic heterocycles. The Morgan fingerprint density at radius 3 is 2.85 bits per heavy atom. The zero-order valence-corrected chi connectivity index (χ0v) is 15.5. The van der Waals surface area contributed by atoms with E-state index in [0.717, 1.165) is 25.1 Å².